The monoisotopic (exact) mass is 701 g/mol. The molecule has 2 aliphatic rings. The lowest BCUT2D eigenvalue weighted by molar-refractivity contribution is -0.129. The molecule has 6 rings (SSSR count). The van der Waals surface area contributed by atoms with Crippen molar-refractivity contribution in [3.8, 4) is 39.5 Å². The highest BCUT2D eigenvalue weighted by atomic mass is 35.5. The molecule has 0 saturated carbocycles. The molecule has 4 aromatic rings. The number of piperidine rings is 1. The molecule has 0 bridgehead atoms. The van der Waals surface area contributed by atoms with Crippen LogP contribution < -0.4 is 10.1 Å². The minimum Gasteiger partial charge on any atom is -0.481 e. The number of fused-ring (bicyclic) bond motifs is 1. The number of carbonyl (C=O) groups excluding carboxylic acids is 2. The van der Waals surface area contributed by atoms with Gasteiger partial charge in [-0.1, -0.05) is 59.6 Å². The molecule has 1 saturated heterocycles. The SMILES string of the molecule is COc1nc(-c2cccc(-c3ccnc(-c4ccc5c(c4)CN(C(=O)OC(C)(C)C)C5)c3Cl)c2Cl)ccc1CNC1CCN(C(C)=O)CC1. The predicted octanol–water partition coefficient (Wildman–Crippen LogP) is 8.14. The number of benzene rings is 2. The first kappa shape index (κ1) is 34.7. The topological polar surface area (TPSA) is 96.9 Å². The van der Waals surface area contributed by atoms with Crippen molar-refractivity contribution in [1.82, 2.24) is 25.1 Å². The van der Waals surface area contributed by atoms with Crippen LogP contribution in [0.4, 0.5) is 4.79 Å². The van der Waals surface area contributed by atoms with E-state index in [9.17, 15) is 9.59 Å². The quantitative estimate of drug-likeness (QED) is 0.208. The minimum absolute atomic E-state index is 0.128. The van der Waals surface area contributed by atoms with E-state index in [0.717, 1.165) is 64.9 Å². The van der Waals surface area contributed by atoms with Crippen molar-refractivity contribution in [2.24, 2.45) is 0 Å². The summed E-state index contributed by atoms with van der Waals surface area (Å²) in [5.74, 6) is 0.654. The number of nitrogens with one attached hydrogen (secondary N) is 1. The highest BCUT2D eigenvalue weighted by Gasteiger charge is 2.28. The number of aromatic nitrogens is 2. The van der Waals surface area contributed by atoms with Gasteiger partial charge >= 0.3 is 6.09 Å². The van der Waals surface area contributed by atoms with Crippen molar-refractivity contribution in [2.45, 2.75) is 71.8 Å². The molecule has 0 atom stereocenters. The van der Waals surface area contributed by atoms with Crippen LogP contribution in [0.1, 0.15) is 57.2 Å². The Hall–Kier alpha value is -4.18. The standard InChI is InChI=1S/C38H41Cl2N5O4/c1-23(46)44-17-14-28(15-18-44)42-20-25-11-12-32(43-36(25)48-5)31-8-6-7-29(33(31)39)30-13-16-41-35(34(30)40)24-9-10-26-21-45(22-27(26)19-24)37(47)49-38(2,3)4/h6-13,16,19,28,42H,14-15,17-18,20-22H2,1-5H3. The summed E-state index contributed by atoms with van der Waals surface area (Å²) in [6.07, 6.45) is 3.22. The van der Waals surface area contributed by atoms with E-state index in [0.29, 0.717) is 53.0 Å². The van der Waals surface area contributed by atoms with Crippen LogP contribution in [-0.2, 0) is 29.2 Å². The van der Waals surface area contributed by atoms with Gasteiger partial charge in [0.2, 0.25) is 11.8 Å². The summed E-state index contributed by atoms with van der Waals surface area (Å²) in [5, 5.41) is 4.59. The average molecular weight is 703 g/mol. The molecule has 1 fully saturated rings. The van der Waals surface area contributed by atoms with Crippen LogP contribution in [0.15, 0.2) is 60.8 Å². The van der Waals surface area contributed by atoms with Crippen LogP contribution in [0, 0.1) is 0 Å². The van der Waals surface area contributed by atoms with Gasteiger partial charge in [-0.15, -0.1) is 0 Å². The summed E-state index contributed by atoms with van der Waals surface area (Å²) in [6, 6.07) is 18.0. The number of methoxy groups -OCH3 is 1. The van der Waals surface area contributed by atoms with Gasteiger partial charge in [-0.05, 0) is 62.9 Å². The molecule has 1 N–H and O–H groups in total. The zero-order valence-corrected chi connectivity index (χ0v) is 30.0. The Balaban J connectivity index is 1.21. The van der Waals surface area contributed by atoms with E-state index >= 15 is 0 Å². The van der Waals surface area contributed by atoms with Gasteiger partial charge in [0.05, 0.1) is 28.5 Å². The number of pyridine rings is 2. The van der Waals surface area contributed by atoms with Crippen LogP contribution in [0.3, 0.4) is 0 Å². The van der Waals surface area contributed by atoms with E-state index in [-0.39, 0.29) is 12.0 Å². The molecular weight excluding hydrogens is 661 g/mol. The van der Waals surface area contributed by atoms with Gasteiger partial charge in [0.1, 0.15) is 5.60 Å². The molecule has 2 amide bonds. The summed E-state index contributed by atoms with van der Waals surface area (Å²) in [6.45, 7) is 10.3. The summed E-state index contributed by atoms with van der Waals surface area (Å²) < 4.78 is 11.3. The number of hydrogen-bond donors (Lipinski definition) is 1. The molecule has 0 unspecified atom stereocenters. The Labute approximate surface area is 297 Å². The zero-order chi connectivity index (χ0) is 34.9. The normalized spacial score (nSPS) is 14.9. The number of halogens is 2. The van der Waals surface area contributed by atoms with Gasteiger partial charge in [-0.3, -0.25) is 14.7 Å². The molecule has 49 heavy (non-hydrogen) atoms. The molecule has 0 spiro atoms. The number of amides is 2. The average Bonchev–Trinajstić information content (AvgIpc) is 3.51. The van der Waals surface area contributed by atoms with Crippen LogP contribution in [0.5, 0.6) is 5.88 Å². The van der Waals surface area contributed by atoms with Crippen molar-refractivity contribution >= 4 is 35.2 Å². The summed E-state index contributed by atoms with van der Waals surface area (Å²) in [5.41, 5.74) is 6.90. The maximum Gasteiger partial charge on any atom is 0.410 e. The summed E-state index contributed by atoms with van der Waals surface area (Å²) in [7, 11) is 1.62. The lowest BCUT2D eigenvalue weighted by Gasteiger charge is -2.31. The second-order valence-electron chi connectivity index (χ2n) is 13.5. The number of likely N-dealkylation sites (tertiary alicyclic amines) is 1. The molecule has 2 aromatic heterocycles. The van der Waals surface area contributed by atoms with Crippen molar-refractivity contribution in [2.75, 3.05) is 20.2 Å². The van der Waals surface area contributed by atoms with Crippen LogP contribution in [0.25, 0.3) is 33.6 Å². The molecule has 2 aromatic carbocycles. The fourth-order valence-corrected chi connectivity index (χ4v) is 7.02. The van der Waals surface area contributed by atoms with E-state index < -0.39 is 5.60 Å². The smallest absolute Gasteiger partial charge is 0.410 e. The van der Waals surface area contributed by atoms with Gasteiger partial charge in [0.25, 0.3) is 0 Å². The van der Waals surface area contributed by atoms with Gasteiger partial charge < -0.3 is 19.7 Å². The van der Waals surface area contributed by atoms with E-state index in [1.165, 1.54) is 0 Å². The highest BCUT2D eigenvalue weighted by molar-refractivity contribution is 6.39. The fourth-order valence-electron chi connectivity index (χ4n) is 6.37. The third-order valence-corrected chi connectivity index (χ3v) is 9.75. The second-order valence-corrected chi connectivity index (χ2v) is 14.3. The summed E-state index contributed by atoms with van der Waals surface area (Å²) >= 11 is 14.2. The molecular formula is C38H41Cl2N5O4. The molecule has 2 aliphatic heterocycles. The van der Waals surface area contributed by atoms with Gasteiger partial charge in [-0.2, -0.15) is 0 Å². The molecule has 4 heterocycles. The molecule has 0 radical (unpaired) electrons. The number of rotatable bonds is 7. The lowest BCUT2D eigenvalue weighted by Crippen LogP contribution is -2.44. The highest BCUT2D eigenvalue weighted by Crippen LogP contribution is 2.42. The zero-order valence-electron chi connectivity index (χ0n) is 28.5. The summed E-state index contributed by atoms with van der Waals surface area (Å²) in [4.78, 5) is 37.4. The Kier molecular flexibility index (Phi) is 10.2. The Bertz CT molecular complexity index is 1880. The maximum absolute atomic E-state index is 12.7. The van der Waals surface area contributed by atoms with Crippen molar-refractivity contribution < 1.29 is 19.1 Å². The maximum atomic E-state index is 12.7. The minimum atomic E-state index is -0.562. The van der Waals surface area contributed by atoms with E-state index in [4.69, 9.17) is 37.7 Å². The van der Waals surface area contributed by atoms with Gasteiger partial charge in [-0.25, -0.2) is 9.78 Å². The van der Waals surface area contributed by atoms with Crippen molar-refractivity contribution in [1.29, 1.82) is 0 Å². The van der Waals surface area contributed by atoms with Crippen LogP contribution >= 0.6 is 23.2 Å². The number of ether oxygens (including phenoxy) is 2. The first-order chi connectivity index (χ1) is 23.4. The Morgan fingerprint density at radius 2 is 1.63 bits per heavy atom. The van der Waals surface area contributed by atoms with Gasteiger partial charge in [0.15, 0.2) is 0 Å². The van der Waals surface area contributed by atoms with Gasteiger partial charge in [0, 0.05) is 79.7 Å². The van der Waals surface area contributed by atoms with E-state index in [1.54, 1.807) is 25.1 Å². The van der Waals surface area contributed by atoms with E-state index in [2.05, 4.69) is 10.3 Å². The predicted molar refractivity (Wildman–Crippen MR) is 193 cm³/mol. The Morgan fingerprint density at radius 3 is 2.35 bits per heavy atom. The first-order valence-electron chi connectivity index (χ1n) is 16.5. The fraction of sp³-hybridized carbons (Fsp3) is 0.368. The largest absolute Gasteiger partial charge is 0.481 e. The van der Waals surface area contributed by atoms with Crippen molar-refractivity contribution in [3.05, 3.63) is 87.5 Å². The van der Waals surface area contributed by atoms with E-state index in [1.807, 2.05) is 80.3 Å². The molecule has 256 valence electrons. The first-order valence-corrected chi connectivity index (χ1v) is 17.2. The number of carbonyl (C=O) groups is 2. The van der Waals surface area contributed by atoms with Crippen LogP contribution in [-0.4, -0.2) is 63.6 Å². The third kappa shape index (κ3) is 7.69. The Morgan fingerprint density at radius 1 is 0.918 bits per heavy atom. The number of nitrogens with zero attached hydrogens (tertiary/aromatic N) is 4. The number of hydrogen-bond acceptors (Lipinski definition) is 7. The molecule has 9 nitrogen and oxygen atoms in total. The van der Waals surface area contributed by atoms with Crippen LogP contribution in [0.2, 0.25) is 10.0 Å². The van der Waals surface area contributed by atoms with Crippen molar-refractivity contribution in [3.63, 3.8) is 0 Å². The lowest BCUT2D eigenvalue weighted by atomic mass is 9.98. The third-order valence-electron chi connectivity index (χ3n) is 8.96. The molecule has 11 heteroatoms. The molecule has 0 aliphatic carbocycles. The second kappa shape index (κ2) is 14.4.